The average Bonchev–Trinajstić information content (AvgIpc) is 3.17. The molecule has 0 aliphatic heterocycles. The van der Waals surface area contributed by atoms with Gasteiger partial charge in [0, 0.05) is 5.69 Å². The number of para-hydroxylation sites is 1. The van der Waals surface area contributed by atoms with Crippen LogP contribution in [0.1, 0.15) is 38.3 Å². The van der Waals surface area contributed by atoms with Crippen LogP contribution >= 0.6 is 11.8 Å². The van der Waals surface area contributed by atoms with Gasteiger partial charge in [0.2, 0.25) is 5.91 Å². The molecular weight excluding hydrogens is 356 g/mol. The van der Waals surface area contributed by atoms with Crippen molar-refractivity contribution in [3.63, 3.8) is 0 Å². The number of benzene rings is 2. The molecule has 0 fully saturated rings. The van der Waals surface area contributed by atoms with E-state index in [0.29, 0.717) is 5.16 Å². The van der Waals surface area contributed by atoms with Crippen LogP contribution in [0.2, 0.25) is 0 Å². The van der Waals surface area contributed by atoms with E-state index in [1.54, 1.807) is 6.33 Å². The standard InChI is InChI=1S/C21H24N4OS/c1-3-10-19(17-11-6-4-7-12-17)23-20(26)16(2)27-21-24-22-15-25(21)18-13-8-5-9-14-18/h4-9,11-16,19H,3,10H2,1-2H3,(H,23,26). The molecule has 2 unspecified atom stereocenters. The van der Waals surface area contributed by atoms with Crippen molar-refractivity contribution in [1.29, 1.82) is 0 Å². The van der Waals surface area contributed by atoms with E-state index in [0.717, 1.165) is 24.1 Å². The van der Waals surface area contributed by atoms with Crippen molar-refractivity contribution in [2.24, 2.45) is 0 Å². The van der Waals surface area contributed by atoms with Gasteiger partial charge in [-0.3, -0.25) is 9.36 Å². The maximum atomic E-state index is 12.8. The van der Waals surface area contributed by atoms with Crippen molar-refractivity contribution in [2.75, 3.05) is 0 Å². The van der Waals surface area contributed by atoms with Crippen LogP contribution in [0.4, 0.5) is 0 Å². The number of carbonyl (C=O) groups excluding carboxylic acids is 1. The topological polar surface area (TPSA) is 59.8 Å². The average molecular weight is 381 g/mol. The van der Waals surface area contributed by atoms with Crippen LogP contribution in [-0.2, 0) is 4.79 Å². The lowest BCUT2D eigenvalue weighted by Gasteiger charge is -2.21. The Hall–Kier alpha value is -2.60. The van der Waals surface area contributed by atoms with Gasteiger partial charge in [-0.25, -0.2) is 0 Å². The van der Waals surface area contributed by atoms with E-state index in [2.05, 4.69) is 34.6 Å². The van der Waals surface area contributed by atoms with Gasteiger partial charge < -0.3 is 5.32 Å². The Kier molecular flexibility index (Phi) is 6.65. The zero-order valence-electron chi connectivity index (χ0n) is 15.6. The van der Waals surface area contributed by atoms with Gasteiger partial charge in [0.1, 0.15) is 6.33 Å². The molecule has 2 atom stereocenters. The fourth-order valence-corrected chi connectivity index (χ4v) is 3.72. The van der Waals surface area contributed by atoms with Crippen molar-refractivity contribution in [1.82, 2.24) is 20.1 Å². The second-order valence-corrected chi connectivity index (χ2v) is 7.65. The van der Waals surface area contributed by atoms with Crippen molar-refractivity contribution in [2.45, 2.75) is 43.1 Å². The smallest absolute Gasteiger partial charge is 0.233 e. The first kappa shape index (κ1) is 19.2. The highest BCUT2D eigenvalue weighted by atomic mass is 32.2. The molecule has 1 amide bonds. The SMILES string of the molecule is CCCC(NC(=O)C(C)Sc1nncn1-c1ccccc1)c1ccccc1. The number of amides is 1. The second kappa shape index (κ2) is 9.37. The van der Waals surface area contributed by atoms with Gasteiger partial charge in [0.05, 0.1) is 11.3 Å². The maximum absolute atomic E-state index is 12.8. The van der Waals surface area contributed by atoms with Crippen molar-refractivity contribution < 1.29 is 4.79 Å². The van der Waals surface area contributed by atoms with Crippen LogP contribution in [0.5, 0.6) is 0 Å². The van der Waals surface area contributed by atoms with Gasteiger partial charge in [-0.1, -0.05) is 73.6 Å². The molecule has 1 N–H and O–H groups in total. The number of hydrogen-bond acceptors (Lipinski definition) is 4. The van der Waals surface area contributed by atoms with Gasteiger partial charge >= 0.3 is 0 Å². The Morgan fingerprint density at radius 2 is 1.78 bits per heavy atom. The molecule has 0 saturated heterocycles. The van der Waals surface area contributed by atoms with E-state index in [1.165, 1.54) is 11.8 Å². The first-order valence-electron chi connectivity index (χ1n) is 9.16. The van der Waals surface area contributed by atoms with Crippen LogP contribution < -0.4 is 5.32 Å². The number of nitrogens with one attached hydrogen (secondary N) is 1. The summed E-state index contributed by atoms with van der Waals surface area (Å²) in [5.41, 5.74) is 2.11. The summed E-state index contributed by atoms with van der Waals surface area (Å²) in [5.74, 6) is 0.00455. The third-order valence-electron chi connectivity index (χ3n) is 4.30. The first-order valence-corrected chi connectivity index (χ1v) is 10.0. The van der Waals surface area contributed by atoms with Gasteiger partial charge in [0.25, 0.3) is 0 Å². The molecule has 0 saturated carbocycles. The normalized spacial score (nSPS) is 13.1. The van der Waals surface area contributed by atoms with Crippen LogP contribution in [0.25, 0.3) is 5.69 Å². The lowest BCUT2D eigenvalue weighted by molar-refractivity contribution is -0.121. The lowest BCUT2D eigenvalue weighted by atomic mass is 10.0. The molecule has 2 aromatic carbocycles. The molecule has 1 aromatic heterocycles. The summed E-state index contributed by atoms with van der Waals surface area (Å²) >= 11 is 1.41. The summed E-state index contributed by atoms with van der Waals surface area (Å²) in [6.07, 6.45) is 3.59. The maximum Gasteiger partial charge on any atom is 0.233 e. The van der Waals surface area contributed by atoms with E-state index in [1.807, 2.05) is 60.0 Å². The molecule has 1 heterocycles. The second-order valence-electron chi connectivity index (χ2n) is 6.34. The molecule has 140 valence electrons. The molecule has 5 nitrogen and oxygen atoms in total. The predicted molar refractivity (Wildman–Crippen MR) is 109 cm³/mol. The molecule has 6 heteroatoms. The summed E-state index contributed by atoms with van der Waals surface area (Å²) in [4.78, 5) is 12.8. The van der Waals surface area contributed by atoms with E-state index in [-0.39, 0.29) is 17.2 Å². The van der Waals surface area contributed by atoms with E-state index in [9.17, 15) is 4.79 Å². The summed E-state index contributed by atoms with van der Waals surface area (Å²) in [5, 5.41) is 11.8. The molecule has 0 spiro atoms. The Morgan fingerprint density at radius 3 is 2.44 bits per heavy atom. The summed E-state index contributed by atoms with van der Waals surface area (Å²) in [6, 6.07) is 20.0. The highest BCUT2D eigenvalue weighted by Crippen LogP contribution is 2.25. The number of nitrogens with zero attached hydrogens (tertiary/aromatic N) is 3. The number of aromatic nitrogens is 3. The largest absolute Gasteiger partial charge is 0.348 e. The predicted octanol–water partition coefficient (Wildman–Crippen LogP) is 4.41. The monoisotopic (exact) mass is 380 g/mol. The van der Waals surface area contributed by atoms with Crippen molar-refractivity contribution in [3.05, 3.63) is 72.6 Å². The number of carbonyl (C=O) groups is 1. The zero-order valence-corrected chi connectivity index (χ0v) is 16.4. The van der Waals surface area contributed by atoms with E-state index in [4.69, 9.17) is 0 Å². The Labute approximate surface area is 164 Å². The molecule has 0 bridgehead atoms. The highest BCUT2D eigenvalue weighted by Gasteiger charge is 2.21. The number of hydrogen-bond donors (Lipinski definition) is 1. The summed E-state index contributed by atoms with van der Waals surface area (Å²) < 4.78 is 1.90. The quantitative estimate of drug-likeness (QED) is 0.588. The van der Waals surface area contributed by atoms with E-state index >= 15 is 0 Å². The first-order chi connectivity index (χ1) is 13.2. The van der Waals surface area contributed by atoms with Crippen molar-refractivity contribution in [3.8, 4) is 5.69 Å². The van der Waals surface area contributed by atoms with Crippen LogP contribution in [-0.4, -0.2) is 25.9 Å². The van der Waals surface area contributed by atoms with Gasteiger partial charge in [-0.15, -0.1) is 10.2 Å². The summed E-state index contributed by atoms with van der Waals surface area (Å²) in [7, 11) is 0. The minimum absolute atomic E-state index is 0.00455. The minimum atomic E-state index is -0.278. The fourth-order valence-electron chi connectivity index (χ4n) is 2.87. The van der Waals surface area contributed by atoms with Gasteiger partial charge in [-0.05, 0) is 31.0 Å². The molecule has 3 aromatic rings. The fraction of sp³-hybridized carbons (Fsp3) is 0.286. The Bertz CT molecular complexity index is 851. The lowest BCUT2D eigenvalue weighted by Crippen LogP contribution is -2.34. The van der Waals surface area contributed by atoms with Crippen LogP contribution in [0, 0.1) is 0 Å². The molecule has 27 heavy (non-hydrogen) atoms. The molecule has 0 aliphatic carbocycles. The summed E-state index contributed by atoms with van der Waals surface area (Å²) in [6.45, 7) is 4.03. The third kappa shape index (κ3) is 4.98. The zero-order chi connectivity index (χ0) is 19.1. The molecule has 0 radical (unpaired) electrons. The van der Waals surface area contributed by atoms with Crippen molar-refractivity contribution >= 4 is 17.7 Å². The van der Waals surface area contributed by atoms with Crippen LogP contribution in [0.15, 0.2) is 72.1 Å². The Morgan fingerprint density at radius 1 is 1.11 bits per heavy atom. The number of thioether (sulfide) groups is 1. The minimum Gasteiger partial charge on any atom is -0.348 e. The van der Waals surface area contributed by atoms with E-state index < -0.39 is 0 Å². The molecule has 3 rings (SSSR count). The third-order valence-corrected chi connectivity index (χ3v) is 5.35. The van der Waals surface area contributed by atoms with Gasteiger partial charge in [-0.2, -0.15) is 0 Å². The molecular formula is C21H24N4OS. The van der Waals surface area contributed by atoms with Crippen LogP contribution in [0.3, 0.4) is 0 Å². The molecule has 0 aliphatic rings. The Balaban J connectivity index is 1.68. The highest BCUT2D eigenvalue weighted by molar-refractivity contribution is 8.00. The number of rotatable bonds is 8. The van der Waals surface area contributed by atoms with Gasteiger partial charge in [0.15, 0.2) is 5.16 Å².